The van der Waals surface area contributed by atoms with Crippen LogP contribution in [-0.2, 0) is 0 Å². The van der Waals surface area contributed by atoms with Crippen molar-refractivity contribution in [3.63, 3.8) is 0 Å². The number of hydrogen-bond acceptors (Lipinski definition) is 6. The maximum atomic E-state index is 12.3. The van der Waals surface area contributed by atoms with Crippen LogP contribution in [0.25, 0.3) is 27.8 Å². The molecule has 136 valence electrons. The van der Waals surface area contributed by atoms with Gasteiger partial charge in [-0.05, 0) is 31.2 Å². The van der Waals surface area contributed by atoms with Gasteiger partial charge in [-0.3, -0.25) is 0 Å². The fourth-order valence-corrected chi connectivity index (χ4v) is 3.49. The van der Waals surface area contributed by atoms with Crippen molar-refractivity contribution in [3.05, 3.63) is 87.2 Å². The monoisotopic (exact) mass is 385 g/mol. The van der Waals surface area contributed by atoms with E-state index in [2.05, 4.69) is 16.4 Å². The first-order valence-corrected chi connectivity index (χ1v) is 9.44. The van der Waals surface area contributed by atoms with E-state index in [0.717, 1.165) is 16.6 Å². The Morgan fingerprint density at radius 1 is 1.21 bits per heavy atom. The summed E-state index contributed by atoms with van der Waals surface area (Å²) >= 11 is 1.31. The fourth-order valence-electron chi connectivity index (χ4n) is 2.71. The molecule has 1 N–H and O–H groups in total. The molecule has 4 aromatic rings. The predicted molar refractivity (Wildman–Crippen MR) is 112 cm³/mol. The van der Waals surface area contributed by atoms with Crippen molar-refractivity contribution < 1.29 is 4.42 Å². The van der Waals surface area contributed by atoms with Crippen molar-refractivity contribution in [1.29, 1.82) is 5.26 Å². The Morgan fingerprint density at radius 3 is 2.79 bits per heavy atom. The van der Waals surface area contributed by atoms with E-state index in [-0.39, 0.29) is 0 Å². The normalized spacial score (nSPS) is 11.4. The summed E-state index contributed by atoms with van der Waals surface area (Å²) in [7, 11) is 0. The van der Waals surface area contributed by atoms with Crippen LogP contribution in [0.2, 0.25) is 0 Å². The molecule has 0 fully saturated rings. The van der Waals surface area contributed by atoms with Crippen LogP contribution in [0.4, 0.5) is 5.69 Å². The van der Waals surface area contributed by atoms with Gasteiger partial charge in [-0.25, -0.2) is 9.78 Å². The molecule has 28 heavy (non-hydrogen) atoms. The molecule has 0 atom stereocenters. The number of hydrogen-bond donors (Lipinski definition) is 1. The highest BCUT2D eigenvalue weighted by atomic mass is 32.1. The second-order valence-corrected chi connectivity index (χ2v) is 7.06. The van der Waals surface area contributed by atoms with E-state index in [0.29, 0.717) is 27.4 Å². The molecule has 4 rings (SSSR count). The molecule has 2 heterocycles. The molecule has 0 unspecified atom stereocenters. The van der Waals surface area contributed by atoms with Crippen LogP contribution < -0.4 is 10.9 Å². The van der Waals surface area contributed by atoms with Crippen LogP contribution in [0.1, 0.15) is 10.6 Å². The topological polar surface area (TPSA) is 78.9 Å². The molecule has 5 nitrogen and oxygen atoms in total. The number of rotatable bonds is 4. The van der Waals surface area contributed by atoms with Gasteiger partial charge in [0, 0.05) is 22.7 Å². The van der Waals surface area contributed by atoms with Crippen molar-refractivity contribution in [1.82, 2.24) is 4.98 Å². The Labute approximate surface area is 165 Å². The van der Waals surface area contributed by atoms with Crippen LogP contribution >= 0.6 is 11.3 Å². The number of anilines is 1. The zero-order chi connectivity index (χ0) is 19.5. The highest BCUT2D eigenvalue weighted by Gasteiger charge is 2.13. The summed E-state index contributed by atoms with van der Waals surface area (Å²) in [5.74, 6) is 0. The van der Waals surface area contributed by atoms with Gasteiger partial charge in [-0.15, -0.1) is 11.3 Å². The lowest BCUT2D eigenvalue weighted by atomic mass is 10.1. The first-order valence-electron chi connectivity index (χ1n) is 8.57. The van der Waals surface area contributed by atoms with Crippen molar-refractivity contribution in [3.8, 4) is 17.3 Å². The summed E-state index contributed by atoms with van der Waals surface area (Å²) in [6.45, 7) is 2.01. The van der Waals surface area contributed by atoms with Crippen LogP contribution in [0.5, 0.6) is 0 Å². The number of nitriles is 1. The zero-order valence-corrected chi connectivity index (χ0v) is 15.8. The van der Waals surface area contributed by atoms with Crippen molar-refractivity contribution in [2.75, 3.05) is 5.32 Å². The van der Waals surface area contributed by atoms with Gasteiger partial charge in [0.1, 0.15) is 22.2 Å². The van der Waals surface area contributed by atoms with Gasteiger partial charge in [-0.1, -0.05) is 35.9 Å². The maximum absolute atomic E-state index is 12.3. The molecule has 0 saturated carbocycles. The van der Waals surface area contributed by atoms with Gasteiger partial charge in [-0.2, -0.15) is 5.26 Å². The Bertz CT molecular complexity index is 1280. The Balaban J connectivity index is 1.65. The van der Waals surface area contributed by atoms with Crippen molar-refractivity contribution in [2.45, 2.75) is 6.92 Å². The lowest BCUT2D eigenvalue weighted by molar-refractivity contribution is 0.563. The highest BCUT2D eigenvalue weighted by molar-refractivity contribution is 7.11. The van der Waals surface area contributed by atoms with E-state index < -0.39 is 5.63 Å². The molecular weight excluding hydrogens is 370 g/mol. The number of fused-ring (bicyclic) bond motifs is 1. The van der Waals surface area contributed by atoms with Crippen molar-refractivity contribution in [2.24, 2.45) is 0 Å². The lowest BCUT2D eigenvalue weighted by Gasteiger charge is -2.02. The average Bonchev–Trinajstić information content (AvgIpc) is 3.19. The number of nitrogens with zero attached hydrogens (tertiary/aromatic N) is 2. The first kappa shape index (κ1) is 17.7. The summed E-state index contributed by atoms with van der Waals surface area (Å²) in [6, 6.07) is 19.1. The number of benzene rings is 2. The van der Waals surface area contributed by atoms with Gasteiger partial charge in [0.2, 0.25) is 0 Å². The standard InChI is InChI=1S/C22H15N3O2S/c1-14-6-8-17(9-7-14)24-12-16(11-23)21-25-19(13-28-21)18-10-15-4-2-3-5-20(15)27-22(18)26/h2-10,12-13,24H,1H3/b16-12+. The fraction of sp³-hybridized carbons (Fsp3) is 0.0455. The molecule has 0 spiro atoms. The minimum atomic E-state index is -0.448. The highest BCUT2D eigenvalue weighted by Crippen LogP contribution is 2.26. The molecule has 0 radical (unpaired) electrons. The first-order chi connectivity index (χ1) is 13.6. The number of nitrogens with one attached hydrogen (secondary N) is 1. The number of aromatic nitrogens is 1. The number of aryl methyl sites for hydroxylation is 1. The molecule has 0 bridgehead atoms. The smallest absolute Gasteiger partial charge is 0.345 e. The Morgan fingerprint density at radius 2 is 2.00 bits per heavy atom. The van der Waals surface area contributed by atoms with E-state index in [4.69, 9.17) is 4.42 Å². The number of allylic oxidation sites excluding steroid dienone is 1. The van der Waals surface area contributed by atoms with Crippen molar-refractivity contribution >= 4 is 33.6 Å². The summed E-state index contributed by atoms with van der Waals surface area (Å²) in [5.41, 5.74) is 3.39. The summed E-state index contributed by atoms with van der Waals surface area (Å²) < 4.78 is 5.38. The molecule has 0 amide bonds. The molecular formula is C22H15N3O2S. The third-order valence-electron chi connectivity index (χ3n) is 4.21. The summed E-state index contributed by atoms with van der Waals surface area (Å²) in [4.78, 5) is 16.8. The number of thiazole rings is 1. The Hall–Kier alpha value is -3.69. The molecule has 0 aliphatic rings. The minimum Gasteiger partial charge on any atom is -0.422 e. The molecule has 0 aliphatic heterocycles. The van der Waals surface area contributed by atoms with Gasteiger partial charge in [0.15, 0.2) is 0 Å². The predicted octanol–water partition coefficient (Wildman–Crippen LogP) is 5.20. The lowest BCUT2D eigenvalue weighted by Crippen LogP contribution is -2.02. The van der Waals surface area contributed by atoms with E-state index >= 15 is 0 Å². The average molecular weight is 385 g/mol. The molecule has 6 heteroatoms. The van der Waals surface area contributed by atoms with Crippen LogP contribution in [-0.4, -0.2) is 4.98 Å². The minimum absolute atomic E-state index is 0.380. The molecule has 2 aromatic heterocycles. The van der Waals surface area contributed by atoms with E-state index in [1.807, 2.05) is 49.4 Å². The largest absolute Gasteiger partial charge is 0.422 e. The van der Waals surface area contributed by atoms with Gasteiger partial charge < -0.3 is 9.73 Å². The molecule has 2 aromatic carbocycles. The maximum Gasteiger partial charge on any atom is 0.345 e. The van der Waals surface area contributed by atoms with E-state index in [1.54, 1.807) is 23.7 Å². The van der Waals surface area contributed by atoms with Gasteiger partial charge >= 0.3 is 5.63 Å². The van der Waals surface area contributed by atoms with E-state index in [1.165, 1.54) is 11.3 Å². The van der Waals surface area contributed by atoms with Crippen LogP contribution in [0, 0.1) is 18.3 Å². The van der Waals surface area contributed by atoms with Gasteiger partial charge in [0.05, 0.1) is 11.3 Å². The van der Waals surface area contributed by atoms with Crippen LogP contribution in [0.15, 0.2) is 75.4 Å². The molecule has 0 saturated heterocycles. The molecule has 0 aliphatic carbocycles. The summed E-state index contributed by atoms with van der Waals surface area (Å²) in [5, 5.41) is 15.7. The third-order valence-corrected chi connectivity index (χ3v) is 5.08. The quantitative estimate of drug-likeness (QED) is 0.386. The SMILES string of the molecule is Cc1ccc(N/C=C(\C#N)c2nc(-c3cc4ccccc4oc3=O)cs2)cc1. The second-order valence-electron chi connectivity index (χ2n) is 6.20. The van der Waals surface area contributed by atoms with Gasteiger partial charge in [0.25, 0.3) is 0 Å². The number of para-hydroxylation sites is 1. The second kappa shape index (κ2) is 7.51. The third kappa shape index (κ3) is 3.56. The zero-order valence-electron chi connectivity index (χ0n) is 15.0. The van der Waals surface area contributed by atoms with E-state index in [9.17, 15) is 10.1 Å². The summed E-state index contributed by atoms with van der Waals surface area (Å²) in [6.07, 6.45) is 1.62. The Kier molecular flexibility index (Phi) is 4.75. The van der Waals surface area contributed by atoms with Crippen LogP contribution in [0.3, 0.4) is 0 Å².